The van der Waals surface area contributed by atoms with Crippen LogP contribution in [0, 0.1) is 0 Å². The van der Waals surface area contributed by atoms with Crippen LogP contribution in [0.4, 0.5) is 0 Å². The molecule has 1 aliphatic carbocycles. The van der Waals surface area contributed by atoms with Crippen LogP contribution in [0.25, 0.3) is 0 Å². The van der Waals surface area contributed by atoms with E-state index < -0.39 is 5.54 Å². The summed E-state index contributed by atoms with van der Waals surface area (Å²) in [7, 11) is 0. The van der Waals surface area contributed by atoms with Gasteiger partial charge in [-0.1, -0.05) is 26.2 Å². The largest absolute Gasteiger partial charge is 0.321 e. The number of rotatable bonds is 3. The van der Waals surface area contributed by atoms with E-state index in [0.717, 1.165) is 38.5 Å². The van der Waals surface area contributed by atoms with Gasteiger partial charge in [-0.05, 0) is 19.3 Å². The fourth-order valence-corrected chi connectivity index (χ4v) is 2.46. The average Bonchev–Trinajstić information content (AvgIpc) is 2.78. The van der Waals surface area contributed by atoms with Crippen molar-refractivity contribution in [2.45, 2.75) is 57.0 Å². The second-order valence-electron chi connectivity index (χ2n) is 4.59. The predicted molar refractivity (Wildman–Crippen MR) is 59.7 cm³/mol. The Labute approximate surface area is 90.3 Å². The Morgan fingerprint density at radius 3 is 2.80 bits per heavy atom. The molecule has 84 valence electrons. The number of hydrogen-bond donors (Lipinski definition) is 2. The van der Waals surface area contributed by atoms with Crippen LogP contribution >= 0.6 is 0 Å². The van der Waals surface area contributed by atoms with Crippen LogP contribution in [0.15, 0.2) is 4.99 Å². The molecule has 1 spiro atoms. The van der Waals surface area contributed by atoms with Crippen LogP contribution in [0.2, 0.25) is 0 Å². The maximum Gasteiger partial charge on any atom is 0.253 e. The van der Waals surface area contributed by atoms with Gasteiger partial charge in [0.1, 0.15) is 11.4 Å². The third kappa shape index (κ3) is 1.78. The summed E-state index contributed by atoms with van der Waals surface area (Å²) in [5, 5.41) is 2.86. The van der Waals surface area contributed by atoms with Crippen LogP contribution in [0.3, 0.4) is 0 Å². The van der Waals surface area contributed by atoms with E-state index in [1.165, 1.54) is 0 Å². The molecule has 0 bridgehead atoms. The maximum absolute atomic E-state index is 11.8. The zero-order chi connectivity index (χ0) is 10.9. The van der Waals surface area contributed by atoms with E-state index in [1.54, 1.807) is 0 Å². The topological polar surface area (TPSA) is 67.5 Å². The third-order valence-electron chi connectivity index (χ3n) is 3.38. The highest BCUT2D eigenvalue weighted by molar-refractivity contribution is 6.10. The summed E-state index contributed by atoms with van der Waals surface area (Å²) < 4.78 is 0. The molecule has 1 fully saturated rings. The lowest BCUT2D eigenvalue weighted by atomic mass is 9.99. The summed E-state index contributed by atoms with van der Waals surface area (Å²) in [5.74, 6) is 0.783. The molecule has 15 heavy (non-hydrogen) atoms. The molecule has 4 heteroatoms. The first kappa shape index (κ1) is 10.6. The zero-order valence-corrected chi connectivity index (χ0v) is 9.25. The van der Waals surface area contributed by atoms with Crippen molar-refractivity contribution < 1.29 is 4.79 Å². The Morgan fingerprint density at radius 1 is 1.53 bits per heavy atom. The van der Waals surface area contributed by atoms with Gasteiger partial charge in [-0.15, -0.1) is 0 Å². The van der Waals surface area contributed by atoms with E-state index in [0.29, 0.717) is 5.84 Å². The summed E-state index contributed by atoms with van der Waals surface area (Å²) in [4.78, 5) is 16.4. The van der Waals surface area contributed by atoms with Gasteiger partial charge in [0.05, 0.1) is 6.04 Å². The molecule has 0 aromatic rings. The number of nitrogens with zero attached hydrogens (tertiary/aromatic N) is 1. The van der Waals surface area contributed by atoms with Crippen LogP contribution in [0.1, 0.15) is 45.4 Å². The van der Waals surface area contributed by atoms with Gasteiger partial charge in [-0.2, -0.15) is 0 Å². The maximum atomic E-state index is 11.8. The fraction of sp³-hybridized carbons (Fsp3) is 0.818. The van der Waals surface area contributed by atoms with Crippen molar-refractivity contribution in [1.29, 1.82) is 0 Å². The lowest BCUT2D eigenvalue weighted by molar-refractivity contribution is -0.123. The molecule has 1 saturated carbocycles. The van der Waals surface area contributed by atoms with E-state index in [1.807, 2.05) is 0 Å². The van der Waals surface area contributed by atoms with Gasteiger partial charge in [0.15, 0.2) is 0 Å². The van der Waals surface area contributed by atoms with Gasteiger partial charge in [0, 0.05) is 0 Å². The van der Waals surface area contributed by atoms with Crippen molar-refractivity contribution in [2.24, 2.45) is 10.7 Å². The summed E-state index contributed by atoms with van der Waals surface area (Å²) in [6.45, 7) is 2.09. The number of amidine groups is 1. The standard InChI is InChI=1S/C11H19N3O/c1-2-5-8(12)9-13-10(15)11(14-9)6-3-4-7-11/h8H,2-7,12H2,1H3,(H,13,14,15). The molecular formula is C11H19N3O. The molecule has 0 saturated heterocycles. The number of nitrogens with one attached hydrogen (secondary N) is 1. The van der Waals surface area contributed by atoms with Crippen molar-refractivity contribution in [3.8, 4) is 0 Å². The van der Waals surface area contributed by atoms with E-state index >= 15 is 0 Å². The Kier molecular flexibility index (Phi) is 2.78. The second-order valence-corrected chi connectivity index (χ2v) is 4.59. The number of hydrogen-bond acceptors (Lipinski definition) is 3. The highest BCUT2D eigenvalue weighted by Crippen LogP contribution is 2.36. The number of nitrogens with two attached hydrogens (primary N) is 1. The highest BCUT2D eigenvalue weighted by atomic mass is 16.2. The first-order valence-electron chi connectivity index (χ1n) is 5.85. The summed E-state index contributed by atoms with van der Waals surface area (Å²) in [6, 6.07) is -0.0982. The first-order chi connectivity index (χ1) is 7.18. The van der Waals surface area contributed by atoms with Crippen molar-refractivity contribution in [3.05, 3.63) is 0 Å². The van der Waals surface area contributed by atoms with Crippen molar-refractivity contribution in [2.75, 3.05) is 0 Å². The molecule has 2 aliphatic rings. The van der Waals surface area contributed by atoms with Gasteiger partial charge >= 0.3 is 0 Å². The molecule has 2 rings (SSSR count). The van der Waals surface area contributed by atoms with Gasteiger partial charge in [0.25, 0.3) is 5.91 Å². The molecule has 0 aromatic heterocycles. The molecule has 1 amide bonds. The Bertz CT molecular complexity index is 292. The molecule has 4 nitrogen and oxygen atoms in total. The minimum Gasteiger partial charge on any atom is -0.321 e. The Balaban J connectivity index is 2.12. The normalized spacial score (nSPS) is 25.5. The Morgan fingerprint density at radius 2 is 2.20 bits per heavy atom. The minimum absolute atomic E-state index is 0.0709. The van der Waals surface area contributed by atoms with Gasteiger partial charge in [-0.25, -0.2) is 0 Å². The second kappa shape index (κ2) is 3.93. The number of carbonyl (C=O) groups excluding carboxylic acids is 1. The molecule has 1 heterocycles. The van der Waals surface area contributed by atoms with E-state index in [2.05, 4.69) is 17.2 Å². The van der Waals surface area contributed by atoms with Crippen molar-refractivity contribution in [1.82, 2.24) is 5.32 Å². The van der Waals surface area contributed by atoms with Gasteiger partial charge in [-0.3, -0.25) is 9.79 Å². The Hall–Kier alpha value is -0.900. The number of carbonyl (C=O) groups is 1. The zero-order valence-electron chi connectivity index (χ0n) is 9.25. The summed E-state index contributed by atoms with van der Waals surface area (Å²) >= 11 is 0. The smallest absolute Gasteiger partial charge is 0.253 e. The number of aliphatic imine (C=N–C) groups is 1. The molecule has 0 radical (unpaired) electrons. The molecule has 1 atom stereocenters. The van der Waals surface area contributed by atoms with Crippen molar-refractivity contribution in [3.63, 3.8) is 0 Å². The quantitative estimate of drug-likeness (QED) is 0.726. The molecule has 1 aliphatic heterocycles. The van der Waals surface area contributed by atoms with Crippen molar-refractivity contribution >= 4 is 11.7 Å². The first-order valence-corrected chi connectivity index (χ1v) is 5.85. The SMILES string of the molecule is CCCC(N)C1=NC2(CCCC2)C(=O)N1. The van der Waals surface area contributed by atoms with E-state index in [-0.39, 0.29) is 11.9 Å². The van der Waals surface area contributed by atoms with Crippen LogP contribution in [-0.4, -0.2) is 23.3 Å². The third-order valence-corrected chi connectivity index (χ3v) is 3.38. The van der Waals surface area contributed by atoms with Gasteiger partial charge in [0.2, 0.25) is 0 Å². The minimum atomic E-state index is -0.444. The molecule has 3 N–H and O–H groups in total. The van der Waals surface area contributed by atoms with E-state index in [4.69, 9.17) is 5.73 Å². The van der Waals surface area contributed by atoms with E-state index in [9.17, 15) is 4.79 Å². The predicted octanol–water partition coefficient (Wildman–Crippen LogP) is 0.955. The lowest BCUT2D eigenvalue weighted by Crippen LogP contribution is -2.42. The lowest BCUT2D eigenvalue weighted by Gasteiger charge is -2.14. The molecule has 1 unspecified atom stereocenters. The number of amides is 1. The summed E-state index contributed by atoms with van der Waals surface area (Å²) in [5.41, 5.74) is 5.51. The van der Waals surface area contributed by atoms with Crippen LogP contribution in [0.5, 0.6) is 0 Å². The van der Waals surface area contributed by atoms with Crippen LogP contribution in [-0.2, 0) is 4.79 Å². The fourth-order valence-electron chi connectivity index (χ4n) is 2.46. The molecular weight excluding hydrogens is 190 g/mol. The average molecular weight is 209 g/mol. The monoisotopic (exact) mass is 209 g/mol. The van der Waals surface area contributed by atoms with Crippen LogP contribution < -0.4 is 11.1 Å². The molecule has 0 aromatic carbocycles. The summed E-state index contributed by atoms with van der Waals surface area (Å²) in [6.07, 6.45) is 5.89. The highest BCUT2D eigenvalue weighted by Gasteiger charge is 2.46. The van der Waals surface area contributed by atoms with Gasteiger partial charge < -0.3 is 11.1 Å².